The molecule has 3 rings (SSSR count). The molecule has 8 heteroatoms. The van der Waals surface area contributed by atoms with Crippen molar-refractivity contribution < 1.29 is 14.0 Å². The highest BCUT2D eigenvalue weighted by Crippen LogP contribution is 2.17. The van der Waals surface area contributed by atoms with E-state index in [2.05, 4.69) is 10.3 Å². The number of rotatable bonds is 3. The minimum atomic E-state index is -0.249. The fourth-order valence-corrected chi connectivity index (χ4v) is 3.12. The number of halogens is 2. The number of furan rings is 1. The molecule has 1 fully saturated rings. The Morgan fingerprint density at radius 2 is 1.83 bits per heavy atom. The first-order chi connectivity index (χ1) is 11.5. The Balaban J connectivity index is 1.55. The Kier molecular flexibility index (Phi) is 5.06. The van der Waals surface area contributed by atoms with E-state index in [1.807, 2.05) is 0 Å². The van der Waals surface area contributed by atoms with Crippen LogP contribution in [0.5, 0.6) is 0 Å². The Morgan fingerprint density at radius 3 is 2.42 bits per heavy atom. The predicted octanol–water partition coefficient (Wildman–Crippen LogP) is 3.02. The molecule has 0 unspecified atom stereocenters. The predicted molar refractivity (Wildman–Crippen MR) is 89.4 cm³/mol. The van der Waals surface area contributed by atoms with E-state index in [0.29, 0.717) is 37.1 Å². The molecule has 0 radical (unpaired) electrons. The number of nitrogens with zero attached hydrogens (tertiary/aromatic N) is 2. The average molecular weight is 368 g/mol. The lowest BCUT2D eigenvalue weighted by molar-refractivity contribution is 0.0697. The highest BCUT2D eigenvalue weighted by molar-refractivity contribution is 6.33. The molecule has 0 aromatic carbocycles. The number of amides is 2. The van der Waals surface area contributed by atoms with Gasteiger partial charge >= 0.3 is 0 Å². The maximum atomic E-state index is 12.3. The van der Waals surface area contributed by atoms with Crippen LogP contribution in [-0.2, 0) is 0 Å². The number of piperidine rings is 1. The minimum Gasteiger partial charge on any atom is -0.472 e. The van der Waals surface area contributed by atoms with E-state index in [1.54, 1.807) is 11.0 Å². The van der Waals surface area contributed by atoms with Gasteiger partial charge in [-0.2, -0.15) is 0 Å². The van der Waals surface area contributed by atoms with Gasteiger partial charge in [0.2, 0.25) is 0 Å². The molecule has 6 nitrogen and oxygen atoms in total. The van der Waals surface area contributed by atoms with Crippen molar-refractivity contribution in [2.75, 3.05) is 13.1 Å². The first kappa shape index (κ1) is 16.8. The third-order valence-corrected chi connectivity index (χ3v) is 4.30. The number of nitrogens with one attached hydrogen (secondary N) is 1. The summed E-state index contributed by atoms with van der Waals surface area (Å²) in [5, 5.41) is 3.29. The molecule has 0 saturated carbocycles. The Bertz CT molecular complexity index is 721. The van der Waals surface area contributed by atoms with Gasteiger partial charge in [0.25, 0.3) is 11.8 Å². The molecule has 1 aliphatic rings. The standard InChI is InChI=1S/C16H15Cl2N3O3/c17-13-7-11(8-14(18)20-13)15(22)19-12-1-4-21(5-2-12)16(23)10-3-6-24-9-10/h3,6-9,12H,1-2,4-5H2,(H,19,22). The minimum absolute atomic E-state index is 0.00313. The second-order valence-corrected chi connectivity index (χ2v) is 6.33. The van der Waals surface area contributed by atoms with Crippen LogP contribution in [0.4, 0.5) is 0 Å². The van der Waals surface area contributed by atoms with E-state index in [0.717, 1.165) is 0 Å². The largest absolute Gasteiger partial charge is 0.472 e. The van der Waals surface area contributed by atoms with Gasteiger partial charge in [-0.25, -0.2) is 4.98 Å². The van der Waals surface area contributed by atoms with Gasteiger partial charge in [0.15, 0.2) is 0 Å². The number of carbonyl (C=O) groups excluding carboxylic acids is 2. The molecule has 1 N–H and O–H groups in total. The Morgan fingerprint density at radius 1 is 1.17 bits per heavy atom. The van der Waals surface area contributed by atoms with Gasteiger partial charge in [-0.15, -0.1) is 0 Å². The van der Waals surface area contributed by atoms with E-state index in [-0.39, 0.29) is 28.2 Å². The fraction of sp³-hybridized carbons (Fsp3) is 0.312. The van der Waals surface area contributed by atoms with Crippen molar-refractivity contribution in [3.8, 4) is 0 Å². The number of likely N-dealkylation sites (tertiary alicyclic amines) is 1. The summed E-state index contributed by atoms with van der Waals surface area (Å²) in [4.78, 5) is 30.1. The fourth-order valence-electron chi connectivity index (χ4n) is 2.66. The molecule has 126 valence electrons. The molecular weight excluding hydrogens is 353 g/mol. The summed E-state index contributed by atoms with van der Waals surface area (Å²) in [7, 11) is 0. The molecule has 0 bridgehead atoms. The maximum absolute atomic E-state index is 12.3. The van der Waals surface area contributed by atoms with Crippen molar-refractivity contribution >= 4 is 35.0 Å². The number of pyridine rings is 1. The van der Waals surface area contributed by atoms with Crippen LogP contribution < -0.4 is 5.32 Å². The Labute approximate surface area is 148 Å². The molecule has 0 aliphatic carbocycles. The monoisotopic (exact) mass is 367 g/mol. The second-order valence-electron chi connectivity index (χ2n) is 5.55. The van der Waals surface area contributed by atoms with E-state index in [4.69, 9.17) is 27.6 Å². The summed E-state index contributed by atoms with van der Waals surface area (Å²) in [6.07, 6.45) is 4.28. The van der Waals surface area contributed by atoms with E-state index < -0.39 is 0 Å². The van der Waals surface area contributed by atoms with E-state index in [9.17, 15) is 9.59 Å². The third kappa shape index (κ3) is 3.88. The zero-order valence-corrected chi connectivity index (χ0v) is 14.2. The van der Waals surface area contributed by atoms with Crippen LogP contribution in [0.25, 0.3) is 0 Å². The van der Waals surface area contributed by atoms with Crippen molar-refractivity contribution in [3.05, 3.63) is 52.2 Å². The van der Waals surface area contributed by atoms with Gasteiger partial charge in [-0.3, -0.25) is 9.59 Å². The zero-order chi connectivity index (χ0) is 17.1. The molecule has 2 aromatic heterocycles. The van der Waals surface area contributed by atoms with Crippen LogP contribution >= 0.6 is 23.2 Å². The summed E-state index contributed by atoms with van der Waals surface area (Å²) in [6, 6.07) is 4.59. The van der Waals surface area contributed by atoms with Gasteiger partial charge in [-0.1, -0.05) is 23.2 Å². The van der Waals surface area contributed by atoms with Crippen molar-refractivity contribution in [1.29, 1.82) is 0 Å². The molecule has 2 aromatic rings. The van der Waals surface area contributed by atoms with Gasteiger partial charge in [0.05, 0.1) is 11.8 Å². The van der Waals surface area contributed by atoms with E-state index >= 15 is 0 Å². The van der Waals surface area contributed by atoms with Crippen LogP contribution in [0.15, 0.2) is 35.1 Å². The number of hydrogen-bond donors (Lipinski definition) is 1. The summed E-state index contributed by atoms with van der Waals surface area (Å²) in [6.45, 7) is 1.15. The van der Waals surface area contributed by atoms with Crippen LogP contribution in [0.3, 0.4) is 0 Å². The summed E-state index contributed by atoms with van der Waals surface area (Å²) >= 11 is 11.6. The SMILES string of the molecule is O=C(NC1CCN(C(=O)c2ccoc2)CC1)c1cc(Cl)nc(Cl)c1. The molecule has 0 atom stereocenters. The smallest absolute Gasteiger partial charge is 0.257 e. The molecule has 2 amide bonds. The first-order valence-electron chi connectivity index (χ1n) is 7.48. The second kappa shape index (κ2) is 7.23. The highest BCUT2D eigenvalue weighted by Gasteiger charge is 2.25. The normalized spacial score (nSPS) is 15.3. The molecule has 1 aliphatic heterocycles. The molecule has 0 spiro atoms. The lowest BCUT2D eigenvalue weighted by atomic mass is 10.0. The molecule has 1 saturated heterocycles. The lowest BCUT2D eigenvalue weighted by Gasteiger charge is -2.32. The van der Waals surface area contributed by atoms with Crippen LogP contribution in [0.1, 0.15) is 33.6 Å². The van der Waals surface area contributed by atoms with Crippen LogP contribution in [0.2, 0.25) is 10.3 Å². The third-order valence-electron chi connectivity index (χ3n) is 3.91. The first-order valence-corrected chi connectivity index (χ1v) is 8.24. The van der Waals surface area contributed by atoms with Crippen LogP contribution in [0, 0.1) is 0 Å². The summed E-state index contributed by atoms with van der Waals surface area (Å²) in [5.41, 5.74) is 0.912. The van der Waals surface area contributed by atoms with Gasteiger partial charge in [0, 0.05) is 24.7 Å². The Hall–Kier alpha value is -2.05. The summed E-state index contributed by atoms with van der Waals surface area (Å²) < 4.78 is 4.94. The van der Waals surface area contributed by atoms with Crippen molar-refractivity contribution in [3.63, 3.8) is 0 Å². The number of carbonyl (C=O) groups is 2. The van der Waals surface area contributed by atoms with Crippen molar-refractivity contribution in [1.82, 2.24) is 15.2 Å². The molecule has 24 heavy (non-hydrogen) atoms. The van der Waals surface area contributed by atoms with Crippen molar-refractivity contribution in [2.45, 2.75) is 18.9 Å². The van der Waals surface area contributed by atoms with Crippen LogP contribution in [-0.4, -0.2) is 40.8 Å². The van der Waals surface area contributed by atoms with Gasteiger partial charge < -0.3 is 14.6 Å². The topological polar surface area (TPSA) is 75.4 Å². The average Bonchev–Trinajstić information content (AvgIpc) is 3.08. The van der Waals surface area contributed by atoms with E-state index in [1.165, 1.54) is 24.7 Å². The maximum Gasteiger partial charge on any atom is 0.257 e. The van der Waals surface area contributed by atoms with Crippen molar-refractivity contribution in [2.24, 2.45) is 0 Å². The highest BCUT2D eigenvalue weighted by atomic mass is 35.5. The number of aromatic nitrogens is 1. The molecular formula is C16H15Cl2N3O3. The van der Waals surface area contributed by atoms with Gasteiger partial charge in [0.1, 0.15) is 16.6 Å². The number of hydrogen-bond acceptors (Lipinski definition) is 4. The molecule has 3 heterocycles. The summed E-state index contributed by atoms with van der Waals surface area (Å²) in [5.74, 6) is -0.304. The lowest BCUT2D eigenvalue weighted by Crippen LogP contribution is -2.46. The van der Waals surface area contributed by atoms with Gasteiger partial charge in [-0.05, 0) is 31.0 Å². The quantitative estimate of drug-likeness (QED) is 0.846. The zero-order valence-electron chi connectivity index (χ0n) is 12.7.